The summed E-state index contributed by atoms with van der Waals surface area (Å²) in [6.45, 7) is 0.682. The molecule has 0 radical (unpaired) electrons. The number of rotatable bonds is 6. The molecule has 35 heavy (non-hydrogen) atoms. The number of pyridine rings is 3. The number of nitrogens with one attached hydrogen (secondary N) is 3. The number of hydrogen-bond acceptors (Lipinski definition) is 5. The Balaban J connectivity index is 1.51. The van der Waals surface area contributed by atoms with E-state index >= 15 is 0 Å². The maximum absolute atomic E-state index is 12.5. The number of carbonyl (C=O) groups is 1. The minimum Gasteiger partial charge on any atom is -0.357 e. The second kappa shape index (κ2) is 9.03. The fraction of sp³-hybridized carbons (Fsp3) is 0.154. The third-order valence-electron chi connectivity index (χ3n) is 5.79. The quantitative estimate of drug-likeness (QED) is 0.331. The summed E-state index contributed by atoms with van der Waals surface area (Å²) in [5.74, 6) is -0.211. The number of anilines is 1. The van der Waals surface area contributed by atoms with E-state index in [0.717, 1.165) is 38.7 Å². The molecule has 0 fully saturated rings. The summed E-state index contributed by atoms with van der Waals surface area (Å²) in [7, 11) is 5.62. The van der Waals surface area contributed by atoms with Crippen LogP contribution in [-0.2, 0) is 11.8 Å². The van der Waals surface area contributed by atoms with Crippen LogP contribution in [-0.4, -0.2) is 56.0 Å². The predicted molar refractivity (Wildman–Crippen MR) is 138 cm³/mol. The summed E-state index contributed by atoms with van der Waals surface area (Å²) in [6, 6.07) is 5.82. The van der Waals surface area contributed by atoms with Crippen molar-refractivity contribution >= 4 is 33.5 Å². The van der Waals surface area contributed by atoms with Gasteiger partial charge in [-0.15, -0.1) is 0 Å². The van der Waals surface area contributed by atoms with Crippen LogP contribution in [0.2, 0.25) is 0 Å². The molecule has 0 aliphatic rings. The molecule has 1 amide bonds. The summed E-state index contributed by atoms with van der Waals surface area (Å²) in [5.41, 5.74) is 5.39. The number of carbonyl (C=O) groups excluding carboxylic acids is 1. The summed E-state index contributed by atoms with van der Waals surface area (Å²) >= 11 is 0. The van der Waals surface area contributed by atoms with Crippen LogP contribution in [0, 0.1) is 0 Å². The molecule has 5 rings (SSSR count). The first-order chi connectivity index (χ1) is 16.9. The highest BCUT2D eigenvalue weighted by atomic mass is 16.1. The topological polar surface area (TPSA) is 112 Å². The lowest BCUT2D eigenvalue weighted by atomic mass is 10.0. The SMILES string of the molecule is CN(C)CC=CC(=O)Nc1cncc(-c2cnc3[nH]cc(-c4cn(C)c(=O)c5[nH]ccc45)c3c2)c1. The monoisotopic (exact) mass is 467 g/mol. The van der Waals surface area contributed by atoms with Crippen LogP contribution in [0.4, 0.5) is 5.69 Å². The molecule has 3 N–H and O–H groups in total. The van der Waals surface area contributed by atoms with E-state index in [1.807, 2.05) is 49.6 Å². The van der Waals surface area contributed by atoms with Gasteiger partial charge in [0.15, 0.2) is 0 Å². The molecule has 0 aliphatic heterocycles. The fourth-order valence-corrected chi connectivity index (χ4v) is 4.09. The molecule has 5 aromatic rings. The minimum absolute atomic E-state index is 0.0751. The van der Waals surface area contributed by atoms with Crippen LogP contribution in [0.25, 0.3) is 44.2 Å². The zero-order valence-electron chi connectivity index (χ0n) is 19.7. The summed E-state index contributed by atoms with van der Waals surface area (Å²) < 4.78 is 1.58. The van der Waals surface area contributed by atoms with Gasteiger partial charge >= 0.3 is 0 Å². The molecule has 9 nitrogen and oxygen atoms in total. The van der Waals surface area contributed by atoms with Crippen molar-refractivity contribution in [2.24, 2.45) is 7.05 Å². The van der Waals surface area contributed by atoms with Crippen molar-refractivity contribution in [2.45, 2.75) is 0 Å². The van der Waals surface area contributed by atoms with Crippen LogP contribution in [0.3, 0.4) is 0 Å². The van der Waals surface area contributed by atoms with Crippen LogP contribution < -0.4 is 10.9 Å². The lowest BCUT2D eigenvalue weighted by molar-refractivity contribution is -0.111. The van der Waals surface area contributed by atoms with Crippen molar-refractivity contribution in [1.29, 1.82) is 0 Å². The molecule has 0 atom stereocenters. The average Bonchev–Trinajstić information content (AvgIpc) is 3.49. The van der Waals surface area contributed by atoms with Crippen LogP contribution in [0.15, 0.2) is 72.3 Å². The van der Waals surface area contributed by atoms with E-state index in [1.165, 1.54) is 6.08 Å². The Bertz CT molecular complexity index is 1640. The standard InChI is InChI=1S/C26H25N7O2/c1-32(2)8-4-5-23(34)31-18-9-16(11-27-13-18)17-10-20-21(14-30-25(20)29-12-17)22-15-33(3)26(35)24-19(22)6-7-28-24/h4-7,9-15,28H,8H2,1-3H3,(H,29,30)(H,31,34). The number of H-pyrrole nitrogens is 2. The third kappa shape index (κ3) is 4.36. The number of aromatic nitrogens is 5. The van der Waals surface area contributed by atoms with Crippen LogP contribution in [0.1, 0.15) is 0 Å². The number of nitrogens with zero attached hydrogens (tertiary/aromatic N) is 4. The Kier molecular flexibility index (Phi) is 5.76. The van der Waals surface area contributed by atoms with Crippen molar-refractivity contribution in [1.82, 2.24) is 29.4 Å². The van der Waals surface area contributed by atoms with Crippen LogP contribution in [0.5, 0.6) is 0 Å². The van der Waals surface area contributed by atoms with Gasteiger partial charge in [0.2, 0.25) is 5.91 Å². The third-order valence-corrected chi connectivity index (χ3v) is 5.79. The molecule has 0 unspecified atom stereocenters. The lowest BCUT2D eigenvalue weighted by Gasteiger charge is -2.08. The number of hydrogen-bond donors (Lipinski definition) is 3. The molecule has 0 saturated heterocycles. The zero-order valence-corrected chi connectivity index (χ0v) is 19.7. The van der Waals surface area contributed by atoms with E-state index in [9.17, 15) is 9.59 Å². The first-order valence-electron chi connectivity index (χ1n) is 11.1. The Morgan fingerprint density at radius 3 is 2.77 bits per heavy atom. The molecule has 0 bridgehead atoms. The van der Waals surface area contributed by atoms with Gasteiger partial charge in [0.25, 0.3) is 5.56 Å². The molecule has 0 spiro atoms. The molecule has 5 heterocycles. The second-order valence-electron chi connectivity index (χ2n) is 8.66. The molecule has 5 aromatic heterocycles. The number of aromatic amines is 2. The van der Waals surface area contributed by atoms with Crippen molar-refractivity contribution in [3.63, 3.8) is 0 Å². The largest absolute Gasteiger partial charge is 0.357 e. The maximum Gasteiger partial charge on any atom is 0.274 e. The number of fused-ring (bicyclic) bond motifs is 2. The summed E-state index contributed by atoms with van der Waals surface area (Å²) in [4.78, 5) is 41.9. The molecule has 9 heteroatoms. The molecule has 176 valence electrons. The summed E-state index contributed by atoms with van der Waals surface area (Å²) in [6.07, 6.45) is 14.0. The van der Waals surface area contributed by atoms with Gasteiger partial charge in [-0.3, -0.25) is 14.6 Å². The van der Waals surface area contributed by atoms with Crippen molar-refractivity contribution in [2.75, 3.05) is 26.0 Å². The van der Waals surface area contributed by atoms with E-state index in [4.69, 9.17) is 0 Å². The van der Waals surface area contributed by atoms with Gasteiger partial charge in [-0.05, 0) is 32.3 Å². The lowest BCUT2D eigenvalue weighted by Crippen LogP contribution is -2.16. The predicted octanol–water partition coefficient (Wildman–Crippen LogP) is 3.53. The van der Waals surface area contributed by atoms with E-state index in [2.05, 4.69) is 25.3 Å². The molecule has 0 aromatic carbocycles. The summed E-state index contributed by atoms with van der Waals surface area (Å²) in [5, 5.41) is 4.63. The molecular formula is C26H25N7O2. The highest BCUT2D eigenvalue weighted by molar-refractivity contribution is 6.04. The first kappa shape index (κ1) is 22.3. The Morgan fingerprint density at radius 2 is 1.94 bits per heavy atom. The number of aryl methyl sites for hydroxylation is 1. The van der Waals surface area contributed by atoms with Crippen molar-refractivity contribution < 1.29 is 4.79 Å². The smallest absolute Gasteiger partial charge is 0.274 e. The van der Waals surface area contributed by atoms with Crippen LogP contribution >= 0.6 is 0 Å². The van der Waals surface area contributed by atoms with Gasteiger partial charge in [-0.1, -0.05) is 6.08 Å². The highest BCUT2D eigenvalue weighted by Crippen LogP contribution is 2.34. The molecule has 0 saturated carbocycles. The van der Waals surface area contributed by atoms with E-state index < -0.39 is 0 Å². The zero-order chi connectivity index (χ0) is 24.5. The normalized spacial score (nSPS) is 11.8. The van der Waals surface area contributed by atoms with Gasteiger partial charge in [-0.25, -0.2) is 4.98 Å². The van der Waals surface area contributed by atoms with E-state index in [-0.39, 0.29) is 11.5 Å². The fourth-order valence-electron chi connectivity index (χ4n) is 4.09. The first-order valence-corrected chi connectivity index (χ1v) is 11.1. The second-order valence-corrected chi connectivity index (χ2v) is 8.66. The highest BCUT2D eigenvalue weighted by Gasteiger charge is 2.15. The van der Waals surface area contributed by atoms with Gasteiger partial charge in [0, 0.05) is 83.7 Å². The van der Waals surface area contributed by atoms with Crippen molar-refractivity contribution in [3.8, 4) is 22.3 Å². The average molecular weight is 468 g/mol. The van der Waals surface area contributed by atoms with E-state index in [1.54, 1.807) is 42.5 Å². The van der Waals surface area contributed by atoms with Gasteiger partial charge in [0.1, 0.15) is 11.2 Å². The van der Waals surface area contributed by atoms with Gasteiger partial charge in [-0.2, -0.15) is 0 Å². The number of amides is 1. The maximum atomic E-state index is 12.5. The Hall–Kier alpha value is -4.50. The van der Waals surface area contributed by atoms with Gasteiger partial charge in [0.05, 0.1) is 11.9 Å². The molecule has 0 aliphatic carbocycles. The van der Waals surface area contributed by atoms with Crippen molar-refractivity contribution in [3.05, 3.63) is 77.9 Å². The Labute approximate surface area is 201 Å². The Morgan fingerprint density at radius 1 is 1.11 bits per heavy atom. The molecular weight excluding hydrogens is 442 g/mol. The number of likely N-dealkylation sites (N-methyl/N-ethyl adjacent to an activating group) is 1. The van der Waals surface area contributed by atoms with E-state index in [0.29, 0.717) is 17.7 Å². The minimum atomic E-state index is -0.211. The van der Waals surface area contributed by atoms with Gasteiger partial charge < -0.3 is 24.8 Å².